The third-order valence-corrected chi connectivity index (χ3v) is 1.77. The molecule has 16 heavy (non-hydrogen) atoms. The Kier molecular flexibility index (Phi) is 5.08. The van der Waals surface area contributed by atoms with Crippen molar-refractivity contribution < 1.29 is 19.3 Å². The van der Waals surface area contributed by atoms with E-state index in [0.717, 1.165) is 5.56 Å². The first-order valence-electron chi connectivity index (χ1n) is 4.92. The molecule has 0 N–H and O–H groups in total. The SMILES string of the molecule is CCOOC(=O)C(=Cc1ccccc1)OC. The minimum Gasteiger partial charge on any atom is -0.490 e. The van der Waals surface area contributed by atoms with Gasteiger partial charge in [-0.25, -0.2) is 4.79 Å². The molecule has 0 aliphatic carbocycles. The lowest BCUT2D eigenvalue weighted by Crippen LogP contribution is -2.09. The van der Waals surface area contributed by atoms with E-state index >= 15 is 0 Å². The standard InChI is InChI=1S/C12H14O4/c1-3-15-16-12(13)11(14-2)9-10-7-5-4-6-8-10/h4-9H,3H2,1-2H3. The van der Waals surface area contributed by atoms with Gasteiger partial charge < -0.3 is 4.74 Å². The van der Waals surface area contributed by atoms with Crippen molar-refractivity contribution in [2.24, 2.45) is 0 Å². The number of carbonyl (C=O) groups excluding carboxylic acids is 1. The van der Waals surface area contributed by atoms with Gasteiger partial charge in [0.2, 0.25) is 5.76 Å². The first-order valence-corrected chi connectivity index (χ1v) is 4.92. The van der Waals surface area contributed by atoms with Crippen LogP contribution in [-0.2, 0) is 19.3 Å². The van der Waals surface area contributed by atoms with Crippen LogP contribution in [0.3, 0.4) is 0 Å². The summed E-state index contributed by atoms with van der Waals surface area (Å²) in [5.41, 5.74) is 0.854. The zero-order valence-electron chi connectivity index (χ0n) is 9.30. The molecule has 0 unspecified atom stereocenters. The van der Waals surface area contributed by atoms with Gasteiger partial charge in [0.05, 0.1) is 13.7 Å². The third-order valence-electron chi connectivity index (χ3n) is 1.77. The smallest absolute Gasteiger partial charge is 0.407 e. The Morgan fingerprint density at radius 2 is 2.00 bits per heavy atom. The van der Waals surface area contributed by atoms with Crippen molar-refractivity contribution in [1.82, 2.24) is 0 Å². The molecule has 0 aliphatic rings. The van der Waals surface area contributed by atoms with Gasteiger partial charge in [-0.1, -0.05) is 30.3 Å². The highest BCUT2D eigenvalue weighted by atomic mass is 17.2. The Balaban J connectivity index is 2.74. The summed E-state index contributed by atoms with van der Waals surface area (Å²) in [5, 5.41) is 0. The number of benzene rings is 1. The molecule has 0 aliphatic heterocycles. The molecule has 1 aromatic rings. The third kappa shape index (κ3) is 3.74. The predicted molar refractivity (Wildman–Crippen MR) is 59.1 cm³/mol. The van der Waals surface area contributed by atoms with E-state index in [4.69, 9.17) is 4.74 Å². The second-order valence-corrected chi connectivity index (χ2v) is 2.90. The fourth-order valence-electron chi connectivity index (χ4n) is 1.06. The highest BCUT2D eigenvalue weighted by Gasteiger charge is 2.12. The molecule has 0 spiro atoms. The van der Waals surface area contributed by atoms with Crippen LogP contribution in [0.15, 0.2) is 36.1 Å². The van der Waals surface area contributed by atoms with Crippen LogP contribution in [0.2, 0.25) is 0 Å². The van der Waals surface area contributed by atoms with Crippen molar-refractivity contribution in [2.75, 3.05) is 13.7 Å². The fraction of sp³-hybridized carbons (Fsp3) is 0.250. The fourth-order valence-corrected chi connectivity index (χ4v) is 1.06. The summed E-state index contributed by atoms with van der Waals surface area (Å²) in [6, 6.07) is 9.34. The number of rotatable bonds is 5. The van der Waals surface area contributed by atoms with E-state index in [-0.39, 0.29) is 5.76 Å². The number of ether oxygens (including phenoxy) is 1. The summed E-state index contributed by atoms with van der Waals surface area (Å²) in [6.45, 7) is 2.02. The predicted octanol–water partition coefficient (Wildman–Crippen LogP) is 2.17. The lowest BCUT2D eigenvalue weighted by Gasteiger charge is -2.04. The number of hydrogen-bond donors (Lipinski definition) is 0. The lowest BCUT2D eigenvalue weighted by molar-refractivity contribution is -0.267. The molecule has 1 aromatic carbocycles. The molecular weight excluding hydrogens is 208 g/mol. The van der Waals surface area contributed by atoms with Crippen LogP contribution in [0.5, 0.6) is 0 Å². The number of carbonyl (C=O) groups is 1. The van der Waals surface area contributed by atoms with Gasteiger partial charge in [-0.2, -0.15) is 4.89 Å². The molecule has 0 saturated heterocycles. The molecule has 0 radical (unpaired) electrons. The second kappa shape index (κ2) is 6.63. The Hall–Kier alpha value is -1.81. The topological polar surface area (TPSA) is 44.8 Å². The lowest BCUT2D eigenvalue weighted by atomic mass is 10.2. The van der Waals surface area contributed by atoms with E-state index in [2.05, 4.69) is 9.78 Å². The summed E-state index contributed by atoms with van der Waals surface area (Å²) >= 11 is 0. The largest absolute Gasteiger partial charge is 0.490 e. The zero-order valence-corrected chi connectivity index (χ0v) is 9.30. The maximum Gasteiger partial charge on any atom is 0.407 e. The summed E-state index contributed by atoms with van der Waals surface area (Å²) in [5.74, 6) is -0.548. The maximum absolute atomic E-state index is 11.4. The van der Waals surface area contributed by atoms with Gasteiger partial charge in [0.1, 0.15) is 0 Å². The van der Waals surface area contributed by atoms with E-state index in [1.54, 1.807) is 13.0 Å². The van der Waals surface area contributed by atoms with Gasteiger partial charge in [0.15, 0.2) is 0 Å². The summed E-state index contributed by atoms with van der Waals surface area (Å²) in [4.78, 5) is 20.4. The van der Waals surface area contributed by atoms with Crippen LogP contribution >= 0.6 is 0 Å². The quantitative estimate of drug-likeness (QED) is 0.331. The molecule has 1 rings (SSSR count). The zero-order chi connectivity index (χ0) is 11.8. The molecule has 4 nitrogen and oxygen atoms in total. The Morgan fingerprint density at radius 1 is 1.31 bits per heavy atom. The summed E-state index contributed by atoms with van der Waals surface area (Å²) < 4.78 is 4.92. The van der Waals surface area contributed by atoms with Crippen LogP contribution in [-0.4, -0.2) is 19.7 Å². The highest BCUT2D eigenvalue weighted by Crippen LogP contribution is 2.08. The second-order valence-electron chi connectivity index (χ2n) is 2.90. The van der Waals surface area contributed by atoms with Crippen LogP contribution in [0.25, 0.3) is 6.08 Å². The van der Waals surface area contributed by atoms with Crippen molar-refractivity contribution >= 4 is 12.0 Å². The Bertz CT molecular complexity index is 357. The molecule has 0 bridgehead atoms. The Morgan fingerprint density at radius 3 is 2.56 bits per heavy atom. The minimum absolute atomic E-state index is 0.0969. The highest BCUT2D eigenvalue weighted by molar-refractivity contribution is 5.91. The van der Waals surface area contributed by atoms with Crippen LogP contribution < -0.4 is 0 Å². The molecular formula is C12H14O4. The molecule has 0 amide bonds. The van der Waals surface area contributed by atoms with Crippen LogP contribution in [0, 0.1) is 0 Å². The van der Waals surface area contributed by atoms with E-state index in [9.17, 15) is 4.79 Å². The van der Waals surface area contributed by atoms with E-state index in [1.165, 1.54) is 7.11 Å². The molecule has 0 atom stereocenters. The monoisotopic (exact) mass is 222 g/mol. The van der Waals surface area contributed by atoms with Gasteiger partial charge >= 0.3 is 5.97 Å². The molecule has 4 heteroatoms. The summed E-state index contributed by atoms with van der Waals surface area (Å²) in [6.07, 6.45) is 1.58. The van der Waals surface area contributed by atoms with Crippen molar-refractivity contribution in [1.29, 1.82) is 0 Å². The van der Waals surface area contributed by atoms with Gasteiger partial charge in [-0.15, -0.1) is 0 Å². The molecule has 0 aromatic heterocycles. The molecule has 0 saturated carbocycles. The normalized spacial score (nSPS) is 11.0. The van der Waals surface area contributed by atoms with E-state index < -0.39 is 5.97 Å². The van der Waals surface area contributed by atoms with Gasteiger partial charge in [-0.3, -0.25) is 4.89 Å². The Labute approximate surface area is 94.4 Å². The van der Waals surface area contributed by atoms with Crippen molar-refractivity contribution in [3.8, 4) is 0 Å². The van der Waals surface area contributed by atoms with Gasteiger partial charge in [0, 0.05) is 0 Å². The average molecular weight is 222 g/mol. The van der Waals surface area contributed by atoms with E-state index in [1.807, 2.05) is 30.3 Å². The molecule has 86 valence electrons. The maximum atomic E-state index is 11.4. The first-order chi connectivity index (χ1) is 7.77. The minimum atomic E-state index is -0.645. The van der Waals surface area contributed by atoms with Crippen LogP contribution in [0.1, 0.15) is 12.5 Å². The van der Waals surface area contributed by atoms with Crippen LogP contribution in [0.4, 0.5) is 0 Å². The van der Waals surface area contributed by atoms with Crippen molar-refractivity contribution in [3.05, 3.63) is 41.7 Å². The van der Waals surface area contributed by atoms with Crippen molar-refractivity contribution in [2.45, 2.75) is 6.92 Å². The number of hydrogen-bond acceptors (Lipinski definition) is 4. The number of methoxy groups -OCH3 is 1. The average Bonchev–Trinajstić information content (AvgIpc) is 2.34. The van der Waals surface area contributed by atoms with Gasteiger partial charge in [0.25, 0.3) is 0 Å². The van der Waals surface area contributed by atoms with E-state index in [0.29, 0.717) is 6.61 Å². The summed E-state index contributed by atoms with van der Waals surface area (Å²) in [7, 11) is 1.40. The first kappa shape index (κ1) is 12.3. The van der Waals surface area contributed by atoms with Crippen molar-refractivity contribution in [3.63, 3.8) is 0 Å². The van der Waals surface area contributed by atoms with Gasteiger partial charge in [-0.05, 0) is 18.6 Å². The molecule has 0 heterocycles. The molecule has 0 fully saturated rings.